The smallest absolute Gasteiger partial charge is 0.405 e. The molecule has 0 atom stereocenters. The van der Waals surface area contributed by atoms with E-state index in [2.05, 4.69) is 30.1 Å². The molecule has 0 unspecified atom stereocenters. The molecule has 0 spiro atoms. The number of para-hydroxylation sites is 1. The number of rotatable bonds is 9. The molecule has 1 aliphatic rings. The molecule has 0 bridgehead atoms. The van der Waals surface area contributed by atoms with Crippen LogP contribution in [0.3, 0.4) is 0 Å². The van der Waals surface area contributed by atoms with Crippen LogP contribution in [0, 0.1) is 19.8 Å². The Morgan fingerprint density at radius 3 is 2.00 bits per heavy atom. The molecule has 2 aromatic heterocycles. The summed E-state index contributed by atoms with van der Waals surface area (Å²) in [6.07, 6.45) is -8.22. The van der Waals surface area contributed by atoms with Gasteiger partial charge in [0, 0.05) is 42.1 Å². The van der Waals surface area contributed by atoms with Crippen molar-refractivity contribution in [3.8, 4) is 34.0 Å². The second kappa shape index (κ2) is 13.2. The fourth-order valence-corrected chi connectivity index (χ4v) is 6.25. The van der Waals surface area contributed by atoms with Crippen LogP contribution >= 0.6 is 0 Å². The first-order chi connectivity index (χ1) is 25.1. The lowest BCUT2D eigenvalue weighted by Gasteiger charge is -2.20. The Balaban J connectivity index is 1.50. The van der Waals surface area contributed by atoms with Gasteiger partial charge in [-0.05, 0) is 79.6 Å². The number of benzene rings is 4. The Morgan fingerprint density at radius 2 is 1.34 bits per heavy atom. The number of alkyl halides is 6. The summed E-state index contributed by atoms with van der Waals surface area (Å²) in [7, 11) is 1.49. The topological polar surface area (TPSA) is 112 Å². The van der Waals surface area contributed by atoms with Crippen molar-refractivity contribution in [3.63, 3.8) is 0 Å². The molecule has 7 rings (SSSR count). The average Bonchev–Trinajstić information content (AvgIpc) is 3.92. The Labute approximate surface area is 296 Å². The maximum atomic E-state index is 14.1. The molecule has 10 nitrogen and oxygen atoms in total. The lowest BCUT2D eigenvalue weighted by Crippen LogP contribution is -2.25. The predicted molar refractivity (Wildman–Crippen MR) is 187 cm³/mol. The molecule has 2 N–H and O–H groups in total. The van der Waals surface area contributed by atoms with Crippen LogP contribution in [0.25, 0.3) is 44.3 Å². The monoisotopic (exact) mass is 736 g/mol. The standard InChI is InChI=1S/C37H30F6N6O4/c1-19-9-12-22(14-27(19)49-29-16-30(52-36(38,39)40)20(2)13-25(29)32(44-3)46-35(49)51)24-15-26-28(17-31(24)53-37(41,42)43)48(23-7-5-4-6-8-23)34(50)47-33(26)45-18-21-10-11-21/h4-9,12-17,21H,10-11,18H2,1-3H3,(H,44,46,51)(H,45,47,50). The van der Waals surface area contributed by atoms with Crippen LogP contribution in [-0.2, 0) is 0 Å². The molecule has 1 aliphatic carbocycles. The summed E-state index contributed by atoms with van der Waals surface area (Å²) in [5.41, 5.74) is -0.405. The molecular formula is C37H30F6N6O4. The van der Waals surface area contributed by atoms with Gasteiger partial charge >= 0.3 is 24.1 Å². The van der Waals surface area contributed by atoms with E-state index in [1.54, 1.807) is 43.3 Å². The minimum absolute atomic E-state index is 0.00707. The number of aryl methyl sites for hydroxylation is 2. The van der Waals surface area contributed by atoms with Crippen LogP contribution < -0.4 is 31.5 Å². The Hall–Kier alpha value is -6.06. The highest BCUT2D eigenvalue weighted by molar-refractivity contribution is 5.97. The number of aromatic nitrogens is 4. The van der Waals surface area contributed by atoms with Crippen molar-refractivity contribution in [3.05, 3.63) is 105 Å². The van der Waals surface area contributed by atoms with Crippen molar-refractivity contribution in [2.75, 3.05) is 24.2 Å². The van der Waals surface area contributed by atoms with Crippen molar-refractivity contribution >= 4 is 33.4 Å². The number of halogens is 6. The van der Waals surface area contributed by atoms with E-state index in [1.165, 1.54) is 42.8 Å². The molecule has 4 aromatic carbocycles. The van der Waals surface area contributed by atoms with Gasteiger partial charge in [0.2, 0.25) is 0 Å². The van der Waals surface area contributed by atoms with E-state index in [1.807, 2.05) is 0 Å². The maximum Gasteiger partial charge on any atom is 0.573 e. The van der Waals surface area contributed by atoms with E-state index in [9.17, 15) is 35.9 Å². The predicted octanol–water partition coefficient (Wildman–Crippen LogP) is 8.03. The second-order valence-corrected chi connectivity index (χ2v) is 12.7. The van der Waals surface area contributed by atoms with Gasteiger partial charge in [0.1, 0.15) is 23.1 Å². The Morgan fingerprint density at radius 1 is 0.736 bits per heavy atom. The molecule has 0 amide bonds. The number of hydrogen-bond acceptors (Lipinski definition) is 8. The summed E-state index contributed by atoms with van der Waals surface area (Å²) >= 11 is 0. The molecule has 2 heterocycles. The molecule has 1 fully saturated rings. The highest BCUT2D eigenvalue weighted by Crippen LogP contribution is 2.41. The van der Waals surface area contributed by atoms with Gasteiger partial charge in [-0.25, -0.2) is 9.59 Å². The molecule has 16 heteroatoms. The van der Waals surface area contributed by atoms with Gasteiger partial charge in [0.25, 0.3) is 0 Å². The van der Waals surface area contributed by atoms with Gasteiger partial charge in [-0.2, -0.15) is 9.97 Å². The summed E-state index contributed by atoms with van der Waals surface area (Å²) in [5.74, 6) is -0.593. The number of hydrogen-bond donors (Lipinski definition) is 2. The number of fused-ring (bicyclic) bond motifs is 2. The van der Waals surface area contributed by atoms with Gasteiger partial charge < -0.3 is 20.1 Å². The van der Waals surface area contributed by atoms with Crippen LogP contribution in [0.2, 0.25) is 0 Å². The molecule has 274 valence electrons. The zero-order valence-electron chi connectivity index (χ0n) is 28.3. The van der Waals surface area contributed by atoms with E-state index in [0.717, 1.165) is 29.5 Å². The first-order valence-corrected chi connectivity index (χ1v) is 16.4. The summed E-state index contributed by atoms with van der Waals surface area (Å²) in [6, 6.07) is 17.8. The fourth-order valence-electron chi connectivity index (χ4n) is 6.25. The van der Waals surface area contributed by atoms with Gasteiger partial charge in [-0.3, -0.25) is 9.13 Å². The Kier molecular flexibility index (Phi) is 8.78. The fraction of sp³-hybridized carbons (Fsp3) is 0.243. The quantitative estimate of drug-likeness (QED) is 0.144. The molecule has 0 aliphatic heterocycles. The number of nitrogens with zero attached hydrogens (tertiary/aromatic N) is 4. The van der Waals surface area contributed by atoms with E-state index >= 15 is 0 Å². The lowest BCUT2D eigenvalue weighted by atomic mass is 9.99. The minimum Gasteiger partial charge on any atom is -0.405 e. The molecule has 6 aromatic rings. The third-order valence-electron chi connectivity index (χ3n) is 8.90. The second-order valence-electron chi connectivity index (χ2n) is 12.7. The van der Waals surface area contributed by atoms with Gasteiger partial charge in [-0.1, -0.05) is 30.3 Å². The molecule has 0 radical (unpaired) electrons. The third kappa shape index (κ3) is 7.21. The van der Waals surface area contributed by atoms with Crippen LogP contribution in [-0.4, -0.2) is 45.4 Å². The van der Waals surface area contributed by atoms with Crippen LogP contribution in [0.5, 0.6) is 11.5 Å². The van der Waals surface area contributed by atoms with Crippen molar-refractivity contribution in [1.82, 2.24) is 19.1 Å². The average molecular weight is 737 g/mol. The SMILES string of the molecule is CNc1nc(=O)n(-c2cc(-c3cc4c(NCC5CC5)nc(=O)n(-c5ccccc5)c4cc3OC(F)(F)F)ccc2C)c2cc(OC(F)(F)F)c(C)cc12. The summed E-state index contributed by atoms with van der Waals surface area (Å²) in [5, 5.41) is 6.57. The summed E-state index contributed by atoms with van der Waals surface area (Å²) in [6.45, 7) is 3.52. The number of ether oxygens (including phenoxy) is 2. The van der Waals surface area contributed by atoms with Crippen LogP contribution in [0.15, 0.2) is 82.4 Å². The first-order valence-electron chi connectivity index (χ1n) is 16.4. The molecule has 1 saturated carbocycles. The zero-order valence-corrected chi connectivity index (χ0v) is 28.3. The largest absolute Gasteiger partial charge is 0.573 e. The van der Waals surface area contributed by atoms with Crippen molar-refractivity contribution in [2.24, 2.45) is 5.92 Å². The lowest BCUT2D eigenvalue weighted by molar-refractivity contribution is -0.275. The van der Waals surface area contributed by atoms with Crippen molar-refractivity contribution in [1.29, 1.82) is 0 Å². The number of anilines is 2. The van der Waals surface area contributed by atoms with Gasteiger partial charge in [0.15, 0.2) is 0 Å². The first kappa shape index (κ1) is 35.3. The highest BCUT2D eigenvalue weighted by Gasteiger charge is 2.34. The third-order valence-corrected chi connectivity index (χ3v) is 8.90. The maximum absolute atomic E-state index is 14.1. The summed E-state index contributed by atoms with van der Waals surface area (Å²) < 4.78 is 93.4. The van der Waals surface area contributed by atoms with Crippen molar-refractivity contribution < 1.29 is 35.8 Å². The van der Waals surface area contributed by atoms with E-state index in [0.29, 0.717) is 29.1 Å². The van der Waals surface area contributed by atoms with Crippen molar-refractivity contribution in [2.45, 2.75) is 39.4 Å². The van der Waals surface area contributed by atoms with E-state index < -0.39 is 35.6 Å². The van der Waals surface area contributed by atoms with E-state index in [-0.39, 0.29) is 50.4 Å². The minimum atomic E-state index is -5.15. The zero-order chi connectivity index (χ0) is 37.8. The number of nitrogens with one attached hydrogen (secondary N) is 2. The molecule has 53 heavy (non-hydrogen) atoms. The molecule has 0 saturated heterocycles. The van der Waals surface area contributed by atoms with Gasteiger partial charge in [0.05, 0.1) is 22.4 Å². The Bertz CT molecular complexity index is 2510. The van der Waals surface area contributed by atoms with Crippen LogP contribution in [0.4, 0.5) is 38.0 Å². The van der Waals surface area contributed by atoms with Crippen LogP contribution in [0.1, 0.15) is 24.0 Å². The normalized spacial score (nSPS) is 13.4. The summed E-state index contributed by atoms with van der Waals surface area (Å²) in [4.78, 5) is 35.5. The highest BCUT2D eigenvalue weighted by atomic mass is 19.4. The molecular weight excluding hydrogens is 706 g/mol. The van der Waals surface area contributed by atoms with E-state index in [4.69, 9.17) is 0 Å². The van der Waals surface area contributed by atoms with Gasteiger partial charge in [-0.15, -0.1) is 26.3 Å².